The van der Waals surface area contributed by atoms with Crippen LogP contribution >= 0.6 is 0 Å². The topological polar surface area (TPSA) is 94.2 Å². The summed E-state index contributed by atoms with van der Waals surface area (Å²) in [4.78, 5) is 27.4. The smallest absolute Gasteiger partial charge is 0.226 e. The lowest BCUT2D eigenvalue weighted by molar-refractivity contribution is -0.132. The number of nitrogens with zero attached hydrogens (tertiary/aromatic N) is 4. The number of carbonyl (C=O) groups is 1. The number of benzene rings is 1. The molecule has 0 spiro atoms. The van der Waals surface area contributed by atoms with Gasteiger partial charge in [-0.05, 0) is 37.5 Å². The molecule has 1 aliphatic rings. The Morgan fingerprint density at radius 2 is 1.87 bits per heavy atom. The van der Waals surface area contributed by atoms with Gasteiger partial charge in [0.05, 0.1) is 13.0 Å². The summed E-state index contributed by atoms with van der Waals surface area (Å²) in [6.07, 6.45) is 7.61. The largest absolute Gasteiger partial charge is 0.493 e. The van der Waals surface area contributed by atoms with Gasteiger partial charge in [0.1, 0.15) is 5.75 Å². The molecule has 1 saturated heterocycles. The van der Waals surface area contributed by atoms with Crippen LogP contribution in [-0.2, 0) is 4.79 Å². The van der Waals surface area contributed by atoms with Crippen molar-refractivity contribution >= 4 is 11.9 Å². The Morgan fingerprint density at radius 3 is 2.61 bits per heavy atom. The summed E-state index contributed by atoms with van der Waals surface area (Å²) in [6, 6.07) is 11.9. The van der Waals surface area contributed by atoms with Crippen LogP contribution in [0.15, 0.2) is 55.0 Å². The first kappa shape index (κ1) is 20.8. The number of aromatic nitrogens is 3. The molecule has 7 nitrogen and oxygen atoms in total. The first-order valence-electron chi connectivity index (χ1n) is 10.6. The molecule has 160 valence electrons. The molecule has 2 N–H and O–H groups in total. The van der Waals surface area contributed by atoms with Crippen LogP contribution in [0.2, 0.25) is 0 Å². The van der Waals surface area contributed by atoms with E-state index in [-0.39, 0.29) is 17.8 Å². The molecule has 1 amide bonds. The second-order valence-electron chi connectivity index (χ2n) is 7.84. The molecule has 31 heavy (non-hydrogen) atoms. The summed E-state index contributed by atoms with van der Waals surface area (Å²) in [5, 5.41) is 0. The van der Waals surface area contributed by atoms with Gasteiger partial charge in [-0.25, -0.2) is 9.97 Å². The maximum atomic E-state index is 12.7. The van der Waals surface area contributed by atoms with Gasteiger partial charge >= 0.3 is 0 Å². The second-order valence-corrected chi connectivity index (χ2v) is 7.84. The van der Waals surface area contributed by atoms with E-state index in [0.29, 0.717) is 19.6 Å². The summed E-state index contributed by atoms with van der Waals surface area (Å²) in [6.45, 7) is 3.88. The summed E-state index contributed by atoms with van der Waals surface area (Å²) in [7, 11) is 0. The van der Waals surface area contributed by atoms with Crippen LogP contribution in [-0.4, -0.2) is 45.5 Å². The number of anilines is 1. The normalized spacial score (nSPS) is 16.2. The number of carbonyl (C=O) groups excluding carboxylic acids is 1. The second kappa shape index (κ2) is 9.55. The number of amides is 1. The van der Waals surface area contributed by atoms with Crippen molar-refractivity contribution in [3.05, 3.63) is 66.2 Å². The summed E-state index contributed by atoms with van der Waals surface area (Å²) < 4.78 is 5.79. The number of para-hydroxylation sites is 1. The molecule has 4 rings (SSSR count). The number of hydrogen-bond donors (Lipinski definition) is 1. The Morgan fingerprint density at radius 1 is 1.10 bits per heavy atom. The van der Waals surface area contributed by atoms with Crippen LogP contribution in [0.3, 0.4) is 0 Å². The zero-order chi connectivity index (χ0) is 21.6. The van der Waals surface area contributed by atoms with Crippen LogP contribution in [0.1, 0.15) is 36.4 Å². The number of pyridine rings is 1. The highest BCUT2D eigenvalue weighted by atomic mass is 16.5. The van der Waals surface area contributed by atoms with Crippen molar-refractivity contribution in [1.82, 2.24) is 19.9 Å². The minimum Gasteiger partial charge on any atom is -0.493 e. The fourth-order valence-corrected chi connectivity index (χ4v) is 3.87. The molecular formula is C24H27N5O2. The maximum absolute atomic E-state index is 12.7. The Hall–Kier alpha value is -3.48. The number of ether oxygens (including phenoxy) is 1. The number of likely N-dealkylation sites (tertiary alicyclic amines) is 1. The van der Waals surface area contributed by atoms with Gasteiger partial charge in [0.25, 0.3) is 0 Å². The molecule has 0 unspecified atom stereocenters. The predicted molar refractivity (Wildman–Crippen MR) is 120 cm³/mol. The van der Waals surface area contributed by atoms with E-state index in [1.54, 1.807) is 12.4 Å². The molecular weight excluding hydrogens is 390 g/mol. The zero-order valence-electron chi connectivity index (χ0n) is 17.7. The Bertz CT molecular complexity index is 1020. The standard InChI is InChI=1S/C24H27N5O2/c1-17-5-2-3-7-22(17)31-12-10-23(30)29-11-4-6-19(16-29)21-9-8-18(13-26-21)20-14-27-24(25)28-15-20/h2-3,5,7-9,13-15,19H,4,6,10-12,16H2,1H3,(H2,25,27,28)/t19-/m0/s1. The van der Waals surface area contributed by atoms with Crippen molar-refractivity contribution in [1.29, 1.82) is 0 Å². The van der Waals surface area contributed by atoms with E-state index < -0.39 is 0 Å². The van der Waals surface area contributed by atoms with Crippen molar-refractivity contribution in [2.75, 3.05) is 25.4 Å². The summed E-state index contributed by atoms with van der Waals surface area (Å²) in [5.74, 6) is 1.47. The number of rotatable bonds is 6. The van der Waals surface area contributed by atoms with Gasteiger partial charge in [0.2, 0.25) is 11.9 Å². The SMILES string of the molecule is Cc1ccccc1OCCC(=O)N1CCC[C@H](c2ccc(-c3cnc(N)nc3)cn2)C1. The number of piperidine rings is 1. The highest BCUT2D eigenvalue weighted by Gasteiger charge is 2.25. The lowest BCUT2D eigenvalue weighted by Crippen LogP contribution is -2.39. The van der Waals surface area contributed by atoms with E-state index in [9.17, 15) is 4.79 Å². The molecule has 0 radical (unpaired) electrons. The average molecular weight is 418 g/mol. The number of nitrogen functional groups attached to an aromatic ring is 1. The predicted octanol–water partition coefficient (Wildman–Crippen LogP) is 3.60. The highest BCUT2D eigenvalue weighted by Crippen LogP contribution is 2.27. The van der Waals surface area contributed by atoms with Crippen molar-refractivity contribution < 1.29 is 9.53 Å². The van der Waals surface area contributed by atoms with Crippen molar-refractivity contribution in [2.45, 2.75) is 32.1 Å². The van der Waals surface area contributed by atoms with E-state index in [2.05, 4.69) is 15.0 Å². The fourth-order valence-electron chi connectivity index (χ4n) is 3.87. The van der Waals surface area contributed by atoms with Crippen LogP contribution in [0, 0.1) is 6.92 Å². The molecule has 2 aromatic heterocycles. The van der Waals surface area contributed by atoms with E-state index in [4.69, 9.17) is 10.5 Å². The summed E-state index contributed by atoms with van der Waals surface area (Å²) in [5.41, 5.74) is 9.46. The molecule has 3 aromatic rings. The van der Waals surface area contributed by atoms with Gasteiger partial charge < -0.3 is 15.4 Å². The van der Waals surface area contributed by atoms with Crippen LogP contribution in [0.25, 0.3) is 11.1 Å². The molecule has 1 atom stereocenters. The number of nitrogens with two attached hydrogens (primary N) is 1. The van der Waals surface area contributed by atoms with E-state index in [0.717, 1.165) is 47.5 Å². The average Bonchev–Trinajstić information content (AvgIpc) is 2.81. The molecule has 0 aliphatic carbocycles. The minimum absolute atomic E-state index is 0.133. The van der Waals surface area contributed by atoms with Crippen LogP contribution in [0.5, 0.6) is 5.75 Å². The first-order valence-corrected chi connectivity index (χ1v) is 10.6. The number of aryl methyl sites for hydroxylation is 1. The third-order valence-corrected chi connectivity index (χ3v) is 5.65. The van der Waals surface area contributed by atoms with Gasteiger partial charge in [0, 0.05) is 54.4 Å². The quantitative estimate of drug-likeness (QED) is 0.658. The minimum atomic E-state index is 0.133. The van der Waals surface area contributed by atoms with Gasteiger partial charge in [-0.1, -0.05) is 24.3 Å². The molecule has 1 fully saturated rings. The highest BCUT2D eigenvalue weighted by molar-refractivity contribution is 5.76. The molecule has 1 aliphatic heterocycles. The van der Waals surface area contributed by atoms with E-state index in [1.807, 2.05) is 54.4 Å². The fraction of sp³-hybridized carbons (Fsp3) is 0.333. The van der Waals surface area contributed by atoms with E-state index in [1.165, 1.54) is 0 Å². The van der Waals surface area contributed by atoms with Crippen LogP contribution < -0.4 is 10.5 Å². The number of hydrogen-bond acceptors (Lipinski definition) is 6. The zero-order valence-corrected chi connectivity index (χ0v) is 17.7. The molecule has 0 saturated carbocycles. The molecule has 1 aromatic carbocycles. The third kappa shape index (κ3) is 5.17. The van der Waals surface area contributed by atoms with Crippen molar-refractivity contribution in [2.24, 2.45) is 0 Å². The van der Waals surface area contributed by atoms with Gasteiger partial charge in [0.15, 0.2) is 0 Å². The van der Waals surface area contributed by atoms with Crippen LogP contribution in [0.4, 0.5) is 5.95 Å². The van der Waals surface area contributed by atoms with Crippen molar-refractivity contribution in [3.8, 4) is 16.9 Å². The molecule has 3 heterocycles. The van der Waals surface area contributed by atoms with Gasteiger partial charge in [-0.2, -0.15) is 0 Å². The molecule has 7 heteroatoms. The lowest BCUT2D eigenvalue weighted by atomic mass is 9.93. The summed E-state index contributed by atoms with van der Waals surface area (Å²) >= 11 is 0. The Labute approximate surface area is 182 Å². The van der Waals surface area contributed by atoms with Gasteiger partial charge in [-0.3, -0.25) is 9.78 Å². The monoisotopic (exact) mass is 417 g/mol. The Balaban J connectivity index is 1.33. The maximum Gasteiger partial charge on any atom is 0.226 e. The first-order chi connectivity index (χ1) is 15.1. The Kier molecular flexibility index (Phi) is 6.40. The van der Waals surface area contributed by atoms with Gasteiger partial charge in [-0.15, -0.1) is 0 Å². The van der Waals surface area contributed by atoms with Crippen molar-refractivity contribution in [3.63, 3.8) is 0 Å². The third-order valence-electron chi connectivity index (χ3n) is 5.65. The molecule has 0 bridgehead atoms. The van der Waals surface area contributed by atoms with E-state index >= 15 is 0 Å². The lowest BCUT2D eigenvalue weighted by Gasteiger charge is -2.32.